The summed E-state index contributed by atoms with van der Waals surface area (Å²) in [6.07, 6.45) is 1.17. The molecule has 0 atom stereocenters. The number of anilines is 2. The second-order valence-corrected chi connectivity index (χ2v) is 10.3. The van der Waals surface area contributed by atoms with E-state index in [0.29, 0.717) is 16.6 Å². The number of carbonyl (C=O) groups is 1. The molecule has 0 aliphatic heterocycles. The molecule has 7 nitrogen and oxygen atoms in total. The molecule has 0 bridgehead atoms. The molecule has 0 spiro atoms. The van der Waals surface area contributed by atoms with Crippen molar-refractivity contribution in [1.29, 1.82) is 0 Å². The van der Waals surface area contributed by atoms with Gasteiger partial charge in [0.05, 0.1) is 16.8 Å². The van der Waals surface area contributed by atoms with Crippen LogP contribution in [0.25, 0.3) is 0 Å². The maximum Gasteiger partial charge on any atom is 0.234 e. The molecular weight excluding hydrogens is 456 g/mol. The van der Waals surface area contributed by atoms with Gasteiger partial charge in [0.2, 0.25) is 15.7 Å². The molecule has 1 aromatic heterocycles. The fraction of sp³-hybridized carbons (Fsp3) is 0.190. The van der Waals surface area contributed by atoms with Crippen molar-refractivity contribution in [3.8, 4) is 0 Å². The lowest BCUT2D eigenvalue weighted by molar-refractivity contribution is -0.113. The van der Waals surface area contributed by atoms with Gasteiger partial charge in [-0.15, -0.1) is 0 Å². The van der Waals surface area contributed by atoms with Crippen LogP contribution in [-0.2, 0) is 14.6 Å². The molecule has 31 heavy (non-hydrogen) atoms. The van der Waals surface area contributed by atoms with E-state index in [4.69, 9.17) is 17.3 Å². The molecule has 2 aromatic carbocycles. The van der Waals surface area contributed by atoms with Crippen molar-refractivity contribution in [1.82, 2.24) is 9.97 Å². The largest absolute Gasteiger partial charge is 0.382 e. The van der Waals surface area contributed by atoms with Gasteiger partial charge in [-0.25, -0.2) is 18.4 Å². The van der Waals surface area contributed by atoms with E-state index in [1.807, 2.05) is 13.8 Å². The highest BCUT2D eigenvalue weighted by molar-refractivity contribution is 7.99. The van der Waals surface area contributed by atoms with Gasteiger partial charge in [0, 0.05) is 10.7 Å². The molecule has 0 fully saturated rings. The van der Waals surface area contributed by atoms with Crippen LogP contribution in [-0.4, -0.2) is 30.0 Å². The third-order valence-corrected chi connectivity index (χ3v) is 7.27. The van der Waals surface area contributed by atoms with Crippen LogP contribution in [0.5, 0.6) is 0 Å². The Morgan fingerprint density at radius 1 is 1.13 bits per heavy atom. The number of carbonyl (C=O) groups excluding carboxylic acids is 1. The van der Waals surface area contributed by atoms with Crippen molar-refractivity contribution in [2.75, 3.05) is 16.8 Å². The smallest absolute Gasteiger partial charge is 0.234 e. The summed E-state index contributed by atoms with van der Waals surface area (Å²) >= 11 is 6.87. The molecule has 162 valence electrons. The molecule has 0 aliphatic rings. The molecule has 1 heterocycles. The number of nitrogens with zero attached hydrogens (tertiary/aromatic N) is 2. The number of aromatic nitrogens is 2. The summed E-state index contributed by atoms with van der Waals surface area (Å²) in [6.45, 7) is 4.06. The average molecular weight is 477 g/mol. The van der Waals surface area contributed by atoms with Gasteiger partial charge < -0.3 is 11.1 Å². The van der Waals surface area contributed by atoms with E-state index in [1.165, 1.54) is 6.20 Å². The van der Waals surface area contributed by atoms with Crippen molar-refractivity contribution >= 4 is 50.6 Å². The maximum absolute atomic E-state index is 12.9. The number of benzene rings is 2. The van der Waals surface area contributed by atoms with Gasteiger partial charge in [-0.05, 0) is 47.9 Å². The molecule has 0 unspecified atom stereocenters. The summed E-state index contributed by atoms with van der Waals surface area (Å²) < 4.78 is 25.8. The highest BCUT2D eigenvalue weighted by Gasteiger charge is 2.23. The van der Waals surface area contributed by atoms with Crippen LogP contribution in [0.4, 0.5) is 11.5 Å². The van der Waals surface area contributed by atoms with Crippen molar-refractivity contribution < 1.29 is 13.2 Å². The molecule has 10 heteroatoms. The van der Waals surface area contributed by atoms with E-state index in [2.05, 4.69) is 15.3 Å². The van der Waals surface area contributed by atoms with Gasteiger partial charge in [-0.2, -0.15) is 0 Å². The first-order valence-corrected chi connectivity index (χ1v) is 12.2. The highest BCUT2D eigenvalue weighted by Crippen LogP contribution is 2.27. The molecule has 0 aliphatic carbocycles. The average Bonchev–Trinajstić information content (AvgIpc) is 2.74. The number of sulfone groups is 1. The Morgan fingerprint density at radius 3 is 2.35 bits per heavy atom. The zero-order valence-corrected chi connectivity index (χ0v) is 19.3. The number of nitrogens with one attached hydrogen (secondary N) is 1. The van der Waals surface area contributed by atoms with E-state index in [-0.39, 0.29) is 32.4 Å². The molecule has 1 amide bonds. The van der Waals surface area contributed by atoms with Crippen LogP contribution < -0.4 is 11.1 Å². The van der Waals surface area contributed by atoms with Crippen LogP contribution >= 0.6 is 23.4 Å². The number of halogens is 1. The lowest BCUT2D eigenvalue weighted by atomic mass is 10.0. The van der Waals surface area contributed by atoms with Gasteiger partial charge in [-0.1, -0.05) is 49.3 Å². The third-order valence-electron chi connectivity index (χ3n) is 4.37. The number of hydrogen-bond donors (Lipinski definition) is 2. The SMILES string of the molecule is CC(C)c1ccc(S(=O)(=O)c2cnc(SCC(=O)Nc3ccc(Cl)cc3)nc2N)cc1. The summed E-state index contributed by atoms with van der Waals surface area (Å²) in [5.74, 6) is -0.108. The minimum absolute atomic E-state index is 0.0326. The first-order valence-electron chi connectivity index (χ1n) is 9.32. The monoisotopic (exact) mass is 476 g/mol. The molecular formula is C21H21ClN4O3S2. The Hall–Kier alpha value is -2.62. The topological polar surface area (TPSA) is 115 Å². The van der Waals surface area contributed by atoms with Crippen molar-refractivity contribution in [3.63, 3.8) is 0 Å². The number of nitrogen functional groups attached to an aromatic ring is 1. The minimum atomic E-state index is -3.85. The Labute approximate surface area is 190 Å². The second kappa shape index (κ2) is 9.67. The normalized spacial score (nSPS) is 11.5. The Bertz CT molecular complexity index is 1180. The summed E-state index contributed by atoms with van der Waals surface area (Å²) in [4.78, 5) is 20.2. The molecule has 3 aromatic rings. The summed E-state index contributed by atoms with van der Waals surface area (Å²) in [6, 6.07) is 13.4. The zero-order chi connectivity index (χ0) is 22.6. The fourth-order valence-electron chi connectivity index (χ4n) is 2.66. The number of hydrogen-bond acceptors (Lipinski definition) is 7. The van der Waals surface area contributed by atoms with Crippen LogP contribution in [0.2, 0.25) is 5.02 Å². The maximum atomic E-state index is 12.9. The zero-order valence-electron chi connectivity index (χ0n) is 16.9. The predicted molar refractivity (Wildman–Crippen MR) is 123 cm³/mol. The second-order valence-electron chi connectivity index (χ2n) is 6.97. The number of nitrogens with two attached hydrogens (primary N) is 1. The third kappa shape index (κ3) is 5.75. The highest BCUT2D eigenvalue weighted by atomic mass is 35.5. The van der Waals surface area contributed by atoms with Gasteiger partial charge in [0.15, 0.2) is 5.16 Å². The molecule has 3 rings (SSSR count). The van der Waals surface area contributed by atoms with Crippen LogP contribution in [0, 0.1) is 0 Å². The number of rotatable bonds is 7. The van der Waals surface area contributed by atoms with Crippen molar-refractivity contribution in [3.05, 3.63) is 65.3 Å². The molecule has 0 radical (unpaired) electrons. The van der Waals surface area contributed by atoms with Crippen LogP contribution in [0.1, 0.15) is 25.3 Å². The first kappa shape index (κ1) is 23.1. The van der Waals surface area contributed by atoms with Crippen LogP contribution in [0.15, 0.2) is 69.7 Å². The Kier molecular flexibility index (Phi) is 7.19. The lowest BCUT2D eigenvalue weighted by Gasteiger charge is -2.10. The molecule has 0 saturated heterocycles. The van der Waals surface area contributed by atoms with Gasteiger partial charge in [0.1, 0.15) is 10.7 Å². The van der Waals surface area contributed by atoms with E-state index < -0.39 is 9.84 Å². The molecule has 3 N–H and O–H groups in total. The minimum Gasteiger partial charge on any atom is -0.382 e. The first-order chi connectivity index (χ1) is 14.7. The van der Waals surface area contributed by atoms with Crippen molar-refractivity contribution in [2.45, 2.75) is 34.7 Å². The van der Waals surface area contributed by atoms with E-state index in [0.717, 1.165) is 17.3 Å². The summed E-state index contributed by atoms with van der Waals surface area (Å²) in [5.41, 5.74) is 7.56. The lowest BCUT2D eigenvalue weighted by Crippen LogP contribution is -2.14. The van der Waals surface area contributed by atoms with Crippen molar-refractivity contribution in [2.24, 2.45) is 0 Å². The van der Waals surface area contributed by atoms with Gasteiger partial charge in [-0.3, -0.25) is 4.79 Å². The summed E-state index contributed by atoms with van der Waals surface area (Å²) in [7, 11) is -3.85. The predicted octanol–water partition coefficient (Wildman–Crippen LogP) is 4.40. The Morgan fingerprint density at radius 2 is 1.77 bits per heavy atom. The van der Waals surface area contributed by atoms with E-state index >= 15 is 0 Å². The number of thioether (sulfide) groups is 1. The van der Waals surface area contributed by atoms with E-state index in [1.54, 1.807) is 48.5 Å². The van der Waals surface area contributed by atoms with Gasteiger partial charge in [0.25, 0.3) is 0 Å². The van der Waals surface area contributed by atoms with Gasteiger partial charge >= 0.3 is 0 Å². The quantitative estimate of drug-likeness (QED) is 0.383. The standard InChI is InChI=1S/C21H21ClN4O3S2/c1-13(2)14-3-9-17(10-4-14)31(28,29)18-11-24-21(26-20(18)23)30-12-19(27)25-16-7-5-15(22)6-8-16/h3-11,13H,12H2,1-2H3,(H,25,27)(H2,23,24,26). The summed E-state index contributed by atoms with van der Waals surface area (Å²) in [5, 5.41) is 3.50. The Balaban J connectivity index is 1.69. The molecule has 0 saturated carbocycles. The fourth-order valence-corrected chi connectivity index (χ4v) is 4.67. The number of amides is 1. The van der Waals surface area contributed by atoms with E-state index in [9.17, 15) is 13.2 Å². The van der Waals surface area contributed by atoms with Crippen LogP contribution in [0.3, 0.4) is 0 Å².